The summed E-state index contributed by atoms with van der Waals surface area (Å²) in [6, 6.07) is 6.86. The van der Waals surface area contributed by atoms with E-state index in [2.05, 4.69) is 17.3 Å². The van der Waals surface area contributed by atoms with Crippen LogP contribution in [0.1, 0.15) is 54.2 Å². The lowest BCUT2D eigenvalue weighted by molar-refractivity contribution is 0.0927. The van der Waals surface area contributed by atoms with Crippen molar-refractivity contribution in [2.45, 2.75) is 58.5 Å². The molecule has 1 heterocycles. The number of hydrogen-bond donors (Lipinski definition) is 1. The average Bonchev–Trinajstić information content (AvgIpc) is 3.16. The Morgan fingerprint density at radius 3 is 2.80 bits per heavy atom. The van der Waals surface area contributed by atoms with Gasteiger partial charge in [-0.2, -0.15) is 5.10 Å². The molecule has 2 aromatic rings. The van der Waals surface area contributed by atoms with E-state index in [9.17, 15) is 9.18 Å². The molecule has 0 radical (unpaired) electrons. The largest absolute Gasteiger partial charge is 0.349 e. The zero-order valence-corrected chi connectivity index (χ0v) is 15.0. The first-order valence-electron chi connectivity index (χ1n) is 9.16. The fourth-order valence-electron chi connectivity index (χ4n) is 3.72. The molecule has 1 aliphatic rings. The number of rotatable bonds is 6. The molecule has 2 atom stereocenters. The minimum atomic E-state index is -0.209. The Kier molecular flexibility index (Phi) is 5.51. The molecular weight excluding hydrogens is 317 g/mol. The van der Waals surface area contributed by atoms with Gasteiger partial charge in [0.1, 0.15) is 5.82 Å². The first kappa shape index (κ1) is 17.6. The van der Waals surface area contributed by atoms with Gasteiger partial charge < -0.3 is 5.32 Å². The van der Waals surface area contributed by atoms with Crippen molar-refractivity contribution in [1.29, 1.82) is 0 Å². The summed E-state index contributed by atoms with van der Waals surface area (Å²) in [6.45, 7) is 4.80. The van der Waals surface area contributed by atoms with E-state index in [0.29, 0.717) is 11.5 Å². The summed E-state index contributed by atoms with van der Waals surface area (Å²) in [5.41, 5.74) is 2.57. The van der Waals surface area contributed by atoms with Crippen LogP contribution in [0.4, 0.5) is 4.39 Å². The maximum absolute atomic E-state index is 13.1. The van der Waals surface area contributed by atoms with E-state index in [1.807, 2.05) is 29.9 Å². The third-order valence-corrected chi connectivity index (χ3v) is 5.03. The molecule has 1 amide bonds. The van der Waals surface area contributed by atoms with Crippen LogP contribution in [0.2, 0.25) is 0 Å². The van der Waals surface area contributed by atoms with Crippen molar-refractivity contribution in [3.05, 3.63) is 53.1 Å². The summed E-state index contributed by atoms with van der Waals surface area (Å²) >= 11 is 0. The summed E-state index contributed by atoms with van der Waals surface area (Å²) < 4.78 is 14.9. The quantitative estimate of drug-likeness (QED) is 0.865. The van der Waals surface area contributed by atoms with Crippen LogP contribution in [-0.4, -0.2) is 21.7 Å². The SMILES string of the molecule is CCCn1cc(C(=O)N[C@H]2CCC[C@H]2Cc2ccc(F)cc2)c(C)n1. The van der Waals surface area contributed by atoms with Gasteiger partial charge in [-0.25, -0.2) is 4.39 Å². The Hall–Kier alpha value is -2.17. The number of amides is 1. The number of nitrogens with one attached hydrogen (secondary N) is 1. The van der Waals surface area contributed by atoms with E-state index >= 15 is 0 Å². The highest BCUT2D eigenvalue weighted by Gasteiger charge is 2.29. The highest BCUT2D eigenvalue weighted by atomic mass is 19.1. The lowest BCUT2D eigenvalue weighted by Crippen LogP contribution is -2.38. The van der Waals surface area contributed by atoms with Crippen LogP contribution in [0.15, 0.2) is 30.5 Å². The Morgan fingerprint density at radius 1 is 1.32 bits per heavy atom. The molecule has 5 heteroatoms. The van der Waals surface area contributed by atoms with Gasteiger partial charge in [0.05, 0.1) is 11.3 Å². The van der Waals surface area contributed by atoms with Crippen molar-refractivity contribution in [2.24, 2.45) is 5.92 Å². The number of aryl methyl sites for hydroxylation is 2. The van der Waals surface area contributed by atoms with Crippen molar-refractivity contribution >= 4 is 5.91 Å². The van der Waals surface area contributed by atoms with Crippen LogP contribution in [0.5, 0.6) is 0 Å². The first-order chi connectivity index (χ1) is 12.1. The van der Waals surface area contributed by atoms with Crippen molar-refractivity contribution in [1.82, 2.24) is 15.1 Å². The van der Waals surface area contributed by atoms with Crippen LogP contribution >= 0.6 is 0 Å². The Balaban J connectivity index is 1.64. The molecule has 134 valence electrons. The predicted molar refractivity (Wildman–Crippen MR) is 96.0 cm³/mol. The third-order valence-electron chi connectivity index (χ3n) is 5.03. The number of benzene rings is 1. The maximum atomic E-state index is 13.1. The Bertz CT molecular complexity index is 723. The molecule has 25 heavy (non-hydrogen) atoms. The molecule has 1 saturated carbocycles. The third kappa shape index (κ3) is 4.27. The number of carbonyl (C=O) groups is 1. The molecular formula is C20H26FN3O. The minimum Gasteiger partial charge on any atom is -0.349 e. The van der Waals surface area contributed by atoms with E-state index in [4.69, 9.17) is 0 Å². The molecule has 0 aliphatic heterocycles. The monoisotopic (exact) mass is 343 g/mol. The normalized spacial score (nSPS) is 20.0. The van der Waals surface area contributed by atoms with Crippen LogP contribution in [0, 0.1) is 18.7 Å². The van der Waals surface area contributed by atoms with Gasteiger partial charge in [-0.3, -0.25) is 9.48 Å². The number of aromatic nitrogens is 2. The topological polar surface area (TPSA) is 46.9 Å². The molecule has 0 bridgehead atoms. The lowest BCUT2D eigenvalue weighted by Gasteiger charge is -2.21. The molecule has 3 rings (SSSR count). The molecule has 1 aromatic heterocycles. The van der Waals surface area contributed by atoms with Crippen LogP contribution in [-0.2, 0) is 13.0 Å². The van der Waals surface area contributed by atoms with Gasteiger partial charge in [0.2, 0.25) is 0 Å². The summed E-state index contributed by atoms with van der Waals surface area (Å²) in [6.07, 6.45) is 6.92. The van der Waals surface area contributed by atoms with Crippen molar-refractivity contribution in [3.8, 4) is 0 Å². The predicted octanol–water partition coefficient (Wildman–Crippen LogP) is 3.88. The van der Waals surface area contributed by atoms with Gasteiger partial charge in [-0.1, -0.05) is 25.5 Å². The number of carbonyl (C=O) groups excluding carboxylic acids is 1. The van der Waals surface area contributed by atoms with Gasteiger partial charge in [0.25, 0.3) is 5.91 Å². The van der Waals surface area contributed by atoms with E-state index in [0.717, 1.165) is 49.9 Å². The van der Waals surface area contributed by atoms with Gasteiger partial charge in [-0.15, -0.1) is 0 Å². The van der Waals surface area contributed by atoms with Crippen molar-refractivity contribution in [2.75, 3.05) is 0 Å². The van der Waals surface area contributed by atoms with Gasteiger partial charge in [0, 0.05) is 18.8 Å². The molecule has 4 nitrogen and oxygen atoms in total. The molecule has 1 aliphatic carbocycles. The smallest absolute Gasteiger partial charge is 0.254 e. The maximum Gasteiger partial charge on any atom is 0.254 e. The number of halogens is 1. The van der Waals surface area contributed by atoms with E-state index in [1.165, 1.54) is 12.1 Å². The number of nitrogens with zero attached hydrogens (tertiary/aromatic N) is 2. The van der Waals surface area contributed by atoms with Crippen LogP contribution in [0.25, 0.3) is 0 Å². The summed E-state index contributed by atoms with van der Waals surface area (Å²) in [4.78, 5) is 12.7. The van der Waals surface area contributed by atoms with Gasteiger partial charge >= 0.3 is 0 Å². The summed E-state index contributed by atoms with van der Waals surface area (Å²) in [7, 11) is 0. The zero-order valence-electron chi connectivity index (χ0n) is 15.0. The highest BCUT2D eigenvalue weighted by Crippen LogP contribution is 2.29. The average molecular weight is 343 g/mol. The summed E-state index contributed by atoms with van der Waals surface area (Å²) in [5, 5.41) is 7.62. The standard InChI is InChI=1S/C20H26FN3O/c1-3-11-24-13-18(14(2)23-24)20(25)22-19-6-4-5-16(19)12-15-7-9-17(21)10-8-15/h7-10,13,16,19H,3-6,11-12H2,1-2H3,(H,22,25)/t16-,19-/m0/s1. The van der Waals surface area contributed by atoms with Crippen LogP contribution < -0.4 is 5.32 Å². The van der Waals surface area contributed by atoms with Crippen molar-refractivity contribution < 1.29 is 9.18 Å². The number of hydrogen-bond acceptors (Lipinski definition) is 2. The van der Waals surface area contributed by atoms with E-state index < -0.39 is 0 Å². The zero-order chi connectivity index (χ0) is 17.8. The molecule has 0 saturated heterocycles. The molecule has 1 N–H and O–H groups in total. The fraction of sp³-hybridized carbons (Fsp3) is 0.500. The highest BCUT2D eigenvalue weighted by molar-refractivity contribution is 5.95. The summed E-state index contributed by atoms with van der Waals surface area (Å²) in [5.74, 6) is 0.163. The van der Waals surface area contributed by atoms with Crippen molar-refractivity contribution in [3.63, 3.8) is 0 Å². The molecule has 0 unspecified atom stereocenters. The lowest BCUT2D eigenvalue weighted by atomic mass is 9.94. The molecule has 1 aromatic carbocycles. The molecule has 0 spiro atoms. The van der Waals surface area contributed by atoms with E-state index in [-0.39, 0.29) is 17.8 Å². The second-order valence-corrected chi connectivity index (χ2v) is 6.99. The first-order valence-corrected chi connectivity index (χ1v) is 9.16. The van der Waals surface area contributed by atoms with Crippen LogP contribution in [0.3, 0.4) is 0 Å². The van der Waals surface area contributed by atoms with E-state index in [1.54, 1.807) is 0 Å². The van der Waals surface area contributed by atoms with Gasteiger partial charge in [-0.05, 0) is 56.2 Å². The Labute approximate surface area is 148 Å². The van der Waals surface area contributed by atoms with Gasteiger partial charge in [0.15, 0.2) is 0 Å². The second-order valence-electron chi connectivity index (χ2n) is 6.99. The minimum absolute atomic E-state index is 0.0316. The Morgan fingerprint density at radius 2 is 2.08 bits per heavy atom. The second kappa shape index (κ2) is 7.81. The molecule has 1 fully saturated rings. The fourth-order valence-corrected chi connectivity index (χ4v) is 3.72.